The van der Waals surface area contributed by atoms with Crippen molar-refractivity contribution < 1.29 is 9.90 Å². The van der Waals surface area contributed by atoms with Gasteiger partial charge in [0, 0.05) is 12.6 Å². The Hall–Kier alpha value is -0.650. The van der Waals surface area contributed by atoms with Crippen molar-refractivity contribution in [3.05, 3.63) is 0 Å². The Morgan fingerprint density at radius 2 is 2.29 bits per heavy atom. The van der Waals surface area contributed by atoms with E-state index in [-0.39, 0.29) is 6.54 Å². The van der Waals surface area contributed by atoms with Gasteiger partial charge in [0.2, 0.25) is 0 Å². The number of piperidine rings is 1. The molecular weight excluding hydrogens is 218 g/mol. The molecule has 0 aliphatic carbocycles. The van der Waals surface area contributed by atoms with Crippen LogP contribution in [-0.2, 0) is 4.79 Å². The number of aliphatic carboxylic acids is 1. The zero-order valence-electron chi connectivity index (χ0n) is 11.0. The van der Waals surface area contributed by atoms with Gasteiger partial charge in [0.05, 0.1) is 6.54 Å². The third kappa shape index (κ3) is 6.61. The van der Waals surface area contributed by atoms with Crippen LogP contribution in [-0.4, -0.2) is 73.7 Å². The molecule has 0 bridgehead atoms. The topological polar surface area (TPSA) is 55.8 Å². The first-order chi connectivity index (χ1) is 8.08. The van der Waals surface area contributed by atoms with Gasteiger partial charge in [0.25, 0.3) is 0 Å². The van der Waals surface area contributed by atoms with Gasteiger partial charge in [-0.1, -0.05) is 0 Å². The summed E-state index contributed by atoms with van der Waals surface area (Å²) >= 11 is 0. The summed E-state index contributed by atoms with van der Waals surface area (Å²) in [6.45, 7) is 4.45. The largest absolute Gasteiger partial charge is 0.480 e. The fourth-order valence-corrected chi connectivity index (χ4v) is 2.27. The van der Waals surface area contributed by atoms with E-state index in [1.807, 2.05) is 0 Å². The molecule has 0 amide bonds. The van der Waals surface area contributed by atoms with Crippen LogP contribution in [0, 0.1) is 0 Å². The molecule has 1 aliphatic rings. The van der Waals surface area contributed by atoms with E-state index in [1.54, 1.807) is 0 Å². The Labute approximate surface area is 104 Å². The molecule has 1 heterocycles. The summed E-state index contributed by atoms with van der Waals surface area (Å²) in [4.78, 5) is 15.1. The van der Waals surface area contributed by atoms with Crippen LogP contribution in [0.15, 0.2) is 0 Å². The minimum Gasteiger partial charge on any atom is -0.480 e. The molecular formula is C12H25N3O2. The summed E-state index contributed by atoms with van der Waals surface area (Å²) in [5.74, 6) is -0.769. The van der Waals surface area contributed by atoms with Gasteiger partial charge in [-0.15, -0.1) is 0 Å². The lowest BCUT2D eigenvalue weighted by molar-refractivity contribution is -0.136. The minimum absolute atomic E-state index is 0.0796. The molecule has 5 nitrogen and oxygen atoms in total. The van der Waals surface area contributed by atoms with Crippen molar-refractivity contribution in [2.24, 2.45) is 0 Å². The first kappa shape index (κ1) is 14.4. The minimum atomic E-state index is -0.769. The molecule has 0 spiro atoms. The SMILES string of the molecule is CN(C)CCCN1CCCC(NCC(=O)O)C1. The zero-order valence-corrected chi connectivity index (χ0v) is 11.0. The van der Waals surface area contributed by atoms with Crippen LogP contribution in [0.25, 0.3) is 0 Å². The van der Waals surface area contributed by atoms with Gasteiger partial charge in [-0.2, -0.15) is 0 Å². The predicted octanol–water partition coefficient (Wildman–Crippen LogP) is 0.0767. The van der Waals surface area contributed by atoms with Crippen molar-refractivity contribution in [2.75, 3.05) is 46.8 Å². The molecule has 2 N–H and O–H groups in total. The smallest absolute Gasteiger partial charge is 0.317 e. The molecule has 0 radical (unpaired) electrons. The van der Waals surface area contributed by atoms with Crippen LogP contribution in [0.4, 0.5) is 0 Å². The first-order valence-electron chi connectivity index (χ1n) is 6.40. The van der Waals surface area contributed by atoms with E-state index in [0.717, 1.165) is 32.6 Å². The van der Waals surface area contributed by atoms with E-state index in [1.165, 1.54) is 12.8 Å². The second kappa shape index (κ2) is 7.63. The number of likely N-dealkylation sites (tertiary alicyclic amines) is 1. The highest BCUT2D eigenvalue weighted by atomic mass is 16.4. The van der Waals surface area contributed by atoms with Crippen molar-refractivity contribution in [3.63, 3.8) is 0 Å². The highest BCUT2D eigenvalue weighted by Crippen LogP contribution is 2.10. The Bertz CT molecular complexity index is 234. The molecule has 5 heteroatoms. The van der Waals surface area contributed by atoms with E-state index in [4.69, 9.17) is 5.11 Å². The number of nitrogens with zero attached hydrogens (tertiary/aromatic N) is 2. The third-order valence-electron chi connectivity index (χ3n) is 3.13. The highest BCUT2D eigenvalue weighted by molar-refractivity contribution is 5.69. The molecule has 1 rings (SSSR count). The number of carboxylic acids is 1. The number of carbonyl (C=O) groups is 1. The van der Waals surface area contributed by atoms with Crippen molar-refractivity contribution in [1.82, 2.24) is 15.1 Å². The van der Waals surface area contributed by atoms with Crippen molar-refractivity contribution in [1.29, 1.82) is 0 Å². The monoisotopic (exact) mass is 243 g/mol. The summed E-state index contributed by atoms with van der Waals surface area (Å²) in [6, 6.07) is 0.346. The number of hydrogen-bond donors (Lipinski definition) is 2. The fraction of sp³-hybridized carbons (Fsp3) is 0.917. The van der Waals surface area contributed by atoms with Crippen LogP contribution in [0.1, 0.15) is 19.3 Å². The van der Waals surface area contributed by atoms with E-state index in [9.17, 15) is 4.79 Å². The highest BCUT2D eigenvalue weighted by Gasteiger charge is 2.19. The van der Waals surface area contributed by atoms with Crippen LogP contribution >= 0.6 is 0 Å². The first-order valence-corrected chi connectivity index (χ1v) is 6.40. The quantitative estimate of drug-likeness (QED) is 0.663. The maximum Gasteiger partial charge on any atom is 0.317 e. The summed E-state index contributed by atoms with van der Waals surface area (Å²) in [6.07, 6.45) is 3.44. The molecule has 0 saturated carbocycles. The second-order valence-corrected chi connectivity index (χ2v) is 5.07. The molecule has 1 aliphatic heterocycles. The lowest BCUT2D eigenvalue weighted by Gasteiger charge is -2.33. The fourth-order valence-electron chi connectivity index (χ4n) is 2.27. The molecule has 0 aromatic rings. The Kier molecular flexibility index (Phi) is 6.47. The van der Waals surface area contributed by atoms with Crippen molar-refractivity contribution >= 4 is 5.97 Å². The lowest BCUT2D eigenvalue weighted by atomic mass is 10.1. The van der Waals surface area contributed by atoms with Crippen molar-refractivity contribution in [2.45, 2.75) is 25.3 Å². The van der Waals surface area contributed by atoms with E-state index < -0.39 is 5.97 Å². The van der Waals surface area contributed by atoms with Gasteiger partial charge in [0.1, 0.15) is 0 Å². The summed E-state index contributed by atoms with van der Waals surface area (Å²) in [7, 11) is 4.18. The van der Waals surface area contributed by atoms with E-state index >= 15 is 0 Å². The van der Waals surface area contributed by atoms with Gasteiger partial charge >= 0.3 is 5.97 Å². The van der Waals surface area contributed by atoms with E-state index in [0.29, 0.717) is 6.04 Å². The molecule has 0 aromatic carbocycles. The van der Waals surface area contributed by atoms with Crippen LogP contribution in [0.2, 0.25) is 0 Å². The number of carboxylic acid groups (broad SMARTS) is 1. The summed E-state index contributed by atoms with van der Waals surface area (Å²) in [5.41, 5.74) is 0. The van der Waals surface area contributed by atoms with Gasteiger partial charge < -0.3 is 20.2 Å². The molecule has 1 fully saturated rings. The molecule has 100 valence electrons. The van der Waals surface area contributed by atoms with Crippen LogP contribution in [0.3, 0.4) is 0 Å². The number of nitrogens with one attached hydrogen (secondary N) is 1. The summed E-state index contributed by atoms with van der Waals surface area (Å²) < 4.78 is 0. The third-order valence-corrected chi connectivity index (χ3v) is 3.13. The molecule has 0 aromatic heterocycles. The van der Waals surface area contributed by atoms with Crippen LogP contribution in [0.5, 0.6) is 0 Å². The Balaban J connectivity index is 2.17. The van der Waals surface area contributed by atoms with Gasteiger partial charge in [-0.25, -0.2) is 0 Å². The molecule has 1 atom stereocenters. The zero-order chi connectivity index (χ0) is 12.7. The van der Waals surface area contributed by atoms with E-state index in [2.05, 4.69) is 29.2 Å². The summed E-state index contributed by atoms with van der Waals surface area (Å²) in [5, 5.41) is 11.7. The average Bonchev–Trinajstić information content (AvgIpc) is 2.26. The number of rotatable bonds is 7. The molecule has 17 heavy (non-hydrogen) atoms. The van der Waals surface area contributed by atoms with Gasteiger partial charge in [-0.3, -0.25) is 4.79 Å². The van der Waals surface area contributed by atoms with Crippen molar-refractivity contribution in [3.8, 4) is 0 Å². The van der Waals surface area contributed by atoms with Gasteiger partial charge in [-0.05, 0) is 53.0 Å². The molecule has 1 saturated heterocycles. The second-order valence-electron chi connectivity index (χ2n) is 5.07. The lowest BCUT2D eigenvalue weighted by Crippen LogP contribution is -2.47. The molecule has 1 unspecified atom stereocenters. The van der Waals surface area contributed by atoms with Crippen LogP contribution < -0.4 is 5.32 Å². The Morgan fingerprint density at radius 3 is 2.94 bits per heavy atom. The normalized spacial score (nSPS) is 21.9. The standard InChI is InChI=1S/C12H25N3O2/c1-14(2)6-4-8-15-7-3-5-11(10-15)13-9-12(16)17/h11,13H,3-10H2,1-2H3,(H,16,17). The van der Waals surface area contributed by atoms with Gasteiger partial charge in [0.15, 0.2) is 0 Å². The predicted molar refractivity (Wildman–Crippen MR) is 68.3 cm³/mol. The maximum absolute atomic E-state index is 10.5. The maximum atomic E-state index is 10.5. The Morgan fingerprint density at radius 1 is 1.53 bits per heavy atom. The average molecular weight is 243 g/mol. The number of hydrogen-bond acceptors (Lipinski definition) is 4.